The number of methoxy groups -OCH3 is 1. The Balaban J connectivity index is 1.89. The fourth-order valence-electron chi connectivity index (χ4n) is 4.61. The Morgan fingerprint density at radius 2 is 1.68 bits per heavy atom. The summed E-state index contributed by atoms with van der Waals surface area (Å²) in [4.78, 5) is 39.4. The summed E-state index contributed by atoms with van der Waals surface area (Å²) in [5, 5.41) is 3.24. The van der Waals surface area contributed by atoms with Crippen molar-refractivity contribution in [3.8, 4) is 5.75 Å². The van der Waals surface area contributed by atoms with Crippen LogP contribution in [0.1, 0.15) is 38.5 Å². The van der Waals surface area contributed by atoms with Crippen LogP contribution in [-0.4, -0.2) is 22.0 Å². The number of anilines is 1. The molecule has 1 atom stereocenters. The van der Waals surface area contributed by atoms with Crippen LogP contribution in [0.4, 0.5) is 5.82 Å². The molecular formula is C24H21N3O4. The highest BCUT2D eigenvalue weighted by atomic mass is 16.5. The Bertz CT molecular complexity index is 1440. The highest BCUT2D eigenvalue weighted by Crippen LogP contribution is 2.48. The molecule has 2 aliphatic rings. The van der Waals surface area contributed by atoms with Crippen LogP contribution in [-0.2, 0) is 14.1 Å². The zero-order valence-electron chi connectivity index (χ0n) is 17.6. The molecule has 1 aromatic heterocycles. The Labute approximate surface area is 178 Å². The van der Waals surface area contributed by atoms with Crippen molar-refractivity contribution in [2.45, 2.75) is 12.8 Å². The number of aryl methyl sites for hydroxylation is 1. The number of hydrogen-bond acceptors (Lipinski definition) is 5. The first-order valence-corrected chi connectivity index (χ1v) is 9.95. The van der Waals surface area contributed by atoms with Crippen molar-refractivity contribution < 1.29 is 9.53 Å². The summed E-state index contributed by atoms with van der Waals surface area (Å²) >= 11 is 0. The molecule has 0 saturated carbocycles. The first-order chi connectivity index (χ1) is 14.8. The Hall–Kier alpha value is -3.87. The molecule has 0 unspecified atom stereocenters. The minimum atomic E-state index is -0.633. The summed E-state index contributed by atoms with van der Waals surface area (Å²) in [5.41, 5.74) is 3.72. The van der Waals surface area contributed by atoms with E-state index in [2.05, 4.69) is 5.32 Å². The quantitative estimate of drug-likeness (QED) is 0.696. The molecule has 5 rings (SSSR count). The maximum absolute atomic E-state index is 13.5. The van der Waals surface area contributed by atoms with Crippen molar-refractivity contribution in [3.05, 3.63) is 96.7 Å². The van der Waals surface area contributed by atoms with Gasteiger partial charge in [0.05, 0.1) is 18.4 Å². The van der Waals surface area contributed by atoms with Gasteiger partial charge in [-0.05, 0) is 24.1 Å². The topological polar surface area (TPSA) is 82.3 Å². The van der Waals surface area contributed by atoms with Gasteiger partial charge in [-0.1, -0.05) is 36.4 Å². The molecule has 0 amide bonds. The zero-order valence-corrected chi connectivity index (χ0v) is 17.6. The lowest BCUT2D eigenvalue weighted by molar-refractivity contribution is 0.103. The monoisotopic (exact) mass is 415 g/mol. The van der Waals surface area contributed by atoms with Gasteiger partial charge in [0, 0.05) is 36.7 Å². The second-order valence-electron chi connectivity index (χ2n) is 7.92. The van der Waals surface area contributed by atoms with Gasteiger partial charge in [0.25, 0.3) is 5.56 Å². The molecule has 0 fully saturated rings. The third-order valence-corrected chi connectivity index (χ3v) is 6.24. The fraction of sp³-hybridized carbons (Fsp3) is 0.208. The Morgan fingerprint density at radius 1 is 0.968 bits per heavy atom. The number of nitrogens with zero attached hydrogens (tertiary/aromatic N) is 2. The molecule has 156 valence electrons. The minimum Gasteiger partial charge on any atom is -0.496 e. The molecule has 1 N–H and O–H groups in total. The van der Waals surface area contributed by atoms with Crippen molar-refractivity contribution in [2.75, 3.05) is 12.4 Å². The van der Waals surface area contributed by atoms with Crippen LogP contribution >= 0.6 is 0 Å². The Kier molecular flexibility index (Phi) is 4.05. The van der Waals surface area contributed by atoms with E-state index < -0.39 is 17.2 Å². The molecular weight excluding hydrogens is 394 g/mol. The lowest BCUT2D eigenvalue weighted by Crippen LogP contribution is -2.42. The zero-order chi connectivity index (χ0) is 22.0. The van der Waals surface area contributed by atoms with Gasteiger partial charge in [-0.2, -0.15) is 0 Å². The third kappa shape index (κ3) is 2.49. The number of allylic oxidation sites excluding steroid dienone is 1. The molecule has 7 heteroatoms. The maximum Gasteiger partial charge on any atom is 0.332 e. The van der Waals surface area contributed by atoms with Crippen LogP contribution < -0.4 is 21.3 Å². The highest BCUT2D eigenvalue weighted by Gasteiger charge is 2.42. The number of hydrogen-bond donors (Lipinski definition) is 1. The van der Waals surface area contributed by atoms with E-state index in [1.807, 2.05) is 43.3 Å². The number of fused-ring (bicyclic) bond motifs is 3. The van der Waals surface area contributed by atoms with Crippen LogP contribution in [0, 0.1) is 6.92 Å². The fourth-order valence-corrected chi connectivity index (χ4v) is 4.61. The second-order valence-corrected chi connectivity index (χ2v) is 7.92. The number of benzene rings is 2. The number of aromatic nitrogens is 2. The summed E-state index contributed by atoms with van der Waals surface area (Å²) in [5.74, 6) is 0.320. The van der Waals surface area contributed by atoms with Gasteiger partial charge in [-0.3, -0.25) is 18.7 Å². The van der Waals surface area contributed by atoms with Gasteiger partial charge >= 0.3 is 5.69 Å². The number of carbonyl (C=O) groups is 1. The molecule has 2 aromatic carbocycles. The number of rotatable bonds is 2. The molecule has 0 bridgehead atoms. The van der Waals surface area contributed by atoms with E-state index in [1.165, 1.54) is 11.6 Å². The summed E-state index contributed by atoms with van der Waals surface area (Å²) < 4.78 is 8.01. The van der Waals surface area contributed by atoms with Crippen molar-refractivity contribution in [3.63, 3.8) is 0 Å². The maximum atomic E-state index is 13.5. The predicted octanol–water partition coefficient (Wildman–Crippen LogP) is 2.57. The van der Waals surface area contributed by atoms with Crippen molar-refractivity contribution >= 4 is 17.3 Å². The van der Waals surface area contributed by atoms with Crippen molar-refractivity contribution in [2.24, 2.45) is 14.1 Å². The smallest absolute Gasteiger partial charge is 0.332 e. The molecule has 1 aliphatic carbocycles. The number of carbonyl (C=O) groups excluding carboxylic acids is 1. The molecule has 7 nitrogen and oxygen atoms in total. The molecule has 0 saturated heterocycles. The van der Waals surface area contributed by atoms with E-state index in [1.54, 1.807) is 20.2 Å². The minimum absolute atomic E-state index is 0.121. The molecule has 0 spiro atoms. The number of ketones is 1. The van der Waals surface area contributed by atoms with Gasteiger partial charge < -0.3 is 10.1 Å². The predicted molar refractivity (Wildman–Crippen MR) is 118 cm³/mol. The SMILES string of the molecule is COc1cc([C@@H]2C3=C(Nc4c2c(=O)n(C)c(=O)n4C)c2ccccc2C3=O)ccc1C. The van der Waals surface area contributed by atoms with Gasteiger partial charge in [-0.25, -0.2) is 4.79 Å². The standard InChI is InChI=1S/C24H21N3O4/c1-12-9-10-13(11-16(12)31-4)17-18-20(14-7-5-6-8-15(14)21(18)28)25-22-19(17)23(29)27(3)24(30)26(22)2/h5-11,17,25H,1-4H3/t17-/m1/s1. The van der Waals surface area contributed by atoms with E-state index in [0.717, 1.165) is 21.3 Å². The van der Waals surface area contributed by atoms with E-state index in [9.17, 15) is 14.4 Å². The average molecular weight is 415 g/mol. The lowest BCUT2D eigenvalue weighted by Gasteiger charge is -2.30. The highest BCUT2D eigenvalue weighted by molar-refractivity contribution is 6.23. The van der Waals surface area contributed by atoms with Crippen LogP contribution in [0.3, 0.4) is 0 Å². The van der Waals surface area contributed by atoms with E-state index in [0.29, 0.717) is 34.0 Å². The first-order valence-electron chi connectivity index (χ1n) is 9.95. The van der Waals surface area contributed by atoms with Gasteiger partial charge in [0.2, 0.25) is 0 Å². The molecule has 2 heterocycles. The van der Waals surface area contributed by atoms with E-state index in [4.69, 9.17) is 4.74 Å². The van der Waals surface area contributed by atoms with Crippen LogP contribution in [0.15, 0.2) is 57.6 Å². The van der Waals surface area contributed by atoms with Crippen molar-refractivity contribution in [1.29, 1.82) is 0 Å². The van der Waals surface area contributed by atoms with Gasteiger partial charge in [-0.15, -0.1) is 0 Å². The molecule has 1 aliphatic heterocycles. The molecule has 0 radical (unpaired) electrons. The first kappa shape index (κ1) is 19.1. The normalized spacial score (nSPS) is 16.5. The number of ether oxygens (including phenoxy) is 1. The van der Waals surface area contributed by atoms with Crippen molar-refractivity contribution in [1.82, 2.24) is 9.13 Å². The van der Waals surface area contributed by atoms with E-state index in [-0.39, 0.29) is 5.78 Å². The summed E-state index contributed by atoms with van der Waals surface area (Å²) in [6, 6.07) is 13.0. The largest absolute Gasteiger partial charge is 0.496 e. The average Bonchev–Trinajstić information content (AvgIpc) is 3.07. The number of nitrogens with one attached hydrogen (secondary N) is 1. The Morgan fingerprint density at radius 3 is 2.39 bits per heavy atom. The third-order valence-electron chi connectivity index (χ3n) is 6.24. The van der Waals surface area contributed by atoms with E-state index >= 15 is 0 Å². The van der Waals surface area contributed by atoms with Crippen LogP contribution in [0.25, 0.3) is 5.70 Å². The molecule has 3 aromatic rings. The van der Waals surface area contributed by atoms with Gasteiger partial charge in [0.1, 0.15) is 11.6 Å². The lowest BCUT2D eigenvalue weighted by atomic mass is 9.81. The van der Waals surface area contributed by atoms with Gasteiger partial charge in [0.15, 0.2) is 5.78 Å². The summed E-state index contributed by atoms with van der Waals surface area (Å²) in [7, 11) is 4.66. The van der Waals surface area contributed by atoms with Crippen LogP contribution in [0.2, 0.25) is 0 Å². The summed E-state index contributed by atoms with van der Waals surface area (Å²) in [6.45, 7) is 1.93. The summed E-state index contributed by atoms with van der Waals surface area (Å²) in [6.07, 6.45) is 0. The second kappa shape index (κ2) is 6.57. The number of Topliss-reactive ketones (excluding diaryl/α,β-unsaturated/α-hetero) is 1. The van der Waals surface area contributed by atoms with Crippen LogP contribution in [0.5, 0.6) is 5.75 Å². The molecule has 31 heavy (non-hydrogen) atoms.